The number of sulfonamides is 1. The van der Waals surface area contributed by atoms with E-state index in [2.05, 4.69) is 24.9 Å². The highest BCUT2D eigenvalue weighted by Crippen LogP contribution is 2.09. The Hall–Kier alpha value is -2.32. The van der Waals surface area contributed by atoms with E-state index in [0.717, 1.165) is 18.7 Å². The topological polar surface area (TPSA) is 87.5 Å². The zero-order chi connectivity index (χ0) is 18.1. The summed E-state index contributed by atoms with van der Waals surface area (Å²) in [4.78, 5) is 4.39. The largest absolute Gasteiger partial charge is 0.355 e. The van der Waals surface area contributed by atoms with Crippen molar-refractivity contribution in [3.05, 3.63) is 54.4 Å². The third-order valence-electron chi connectivity index (χ3n) is 3.59. The second-order valence-electron chi connectivity index (χ2n) is 5.56. The number of nitrogens with zero attached hydrogens (tertiary/aromatic N) is 2. The minimum Gasteiger partial charge on any atom is -0.355 e. The van der Waals surface area contributed by atoms with E-state index in [-0.39, 0.29) is 11.4 Å². The molecule has 0 amide bonds. The first-order valence-electron chi connectivity index (χ1n) is 8.13. The van der Waals surface area contributed by atoms with Crippen molar-refractivity contribution in [2.45, 2.75) is 18.4 Å². The average molecular weight is 363 g/mol. The summed E-state index contributed by atoms with van der Waals surface area (Å²) in [6.07, 6.45) is 4.00. The predicted molar refractivity (Wildman–Crippen MR) is 100 cm³/mol. The second-order valence-corrected chi connectivity index (χ2v) is 7.32. The van der Waals surface area contributed by atoms with Crippen LogP contribution in [0.1, 0.15) is 5.56 Å². The lowest BCUT2D eigenvalue weighted by Gasteiger charge is -2.13. The van der Waals surface area contributed by atoms with Gasteiger partial charge in [-0.15, -0.1) is 0 Å². The number of aryl methyl sites for hydroxylation is 1. The monoisotopic (exact) mass is 363 g/mol. The normalized spacial score (nSPS) is 12.2. The Morgan fingerprint density at radius 1 is 1.04 bits per heavy atom. The molecule has 25 heavy (non-hydrogen) atoms. The van der Waals surface area contributed by atoms with Gasteiger partial charge in [0.2, 0.25) is 10.0 Å². The third kappa shape index (κ3) is 6.24. The summed E-state index contributed by atoms with van der Waals surface area (Å²) in [5, 5.41) is 6.27. The van der Waals surface area contributed by atoms with E-state index in [4.69, 9.17) is 0 Å². The average Bonchev–Trinajstić information content (AvgIpc) is 3.11. The van der Waals surface area contributed by atoms with Crippen molar-refractivity contribution < 1.29 is 8.42 Å². The lowest BCUT2D eigenvalue weighted by molar-refractivity contribution is 0.580. The van der Waals surface area contributed by atoms with Crippen molar-refractivity contribution in [2.75, 3.05) is 26.7 Å². The summed E-state index contributed by atoms with van der Waals surface area (Å²) in [6.45, 7) is 4.18. The molecule has 0 fully saturated rings. The fourth-order valence-corrected chi connectivity index (χ4v) is 3.24. The van der Waals surface area contributed by atoms with E-state index in [0.29, 0.717) is 12.5 Å². The number of guanidine groups is 1. The number of hydrogen-bond donors (Lipinski definition) is 3. The molecule has 1 aromatic heterocycles. The summed E-state index contributed by atoms with van der Waals surface area (Å²) >= 11 is 0. The van der Waals surface area contributed by atoms with Crippen LogP contribution in [0.2, 0.25) is 0 Å². The zero-order valence-corrected chi connectivity index (χ0v) is 15.4. The Kier molecular flexibility index (Phi) is 7.03. The summed E-state index contributed by atoms with van der Waals surface area (Å²) in [6, 6.07) is 10.7. The molecule has 0 aliphatic carbocycles. The second kappa shape index (κ2) is 9.24. The van der Waals surface area contributed by atoms with Gasteiger partial charge >= 0.3 is 0 Å². The standard InChI is InChI=1S/C17H25N5O2S/c1-15-5-7-16(8-6-15)25(23,24)21-10-9-19-17(18-2)20-11-14-22-12-3-4-13-22/h3-8,12-13,21H,9-11,14H2,1-2H3,(H2,18,19,20). The third-order valence-corrected chi connectivity index (χ3v) is 5.07. The Morgan fingerprint density at radius 2 is 1.68 bits per heavy atom. The maximum absolute atomic E-state index is 12.2. The van der Waals surface area contributed by atoms with Crippen LogP contribution in [0.15, 0.2) is 58.7 Å². The summed E-state index contributed by atoms with van der Waals surface area (Å²) < 4.78 is 29.0. The molecule has 0 unspecified atom stereocenters. The Balaban J connectivity index is 1.70. The molecule has 0 radical (unpaired) electrons. The van der Waals surface area contributed by atoms with Crippen molar-refractivity contribution in [1.29, 1.82) is 0 Å². The van der Waals surface area contributed by atoms with Crippen molar-refractivity contribution >= 4 is 16.0 Å². The van der Waals surface area contributed by atoms with Crippen molar-refractivity contribution in [3.63, 3.8) is 0 Å². The van der Waals surface area contributed by atoms with Crippen LogP contribution >= 0.6 is 0 Å². The molecule has 1 heterocycles. The van der Waals surface area contributed by atoms with Gasteiger partial charge < -0.3 is 15.2 Å². The van der Waals surface area contributed by atoms with Crippen LogP contribution in [0.3, 0.4) is 0 Å². The molecule has 8 heteroatoms. The van der Waals surface area contributed by atoms with Gasteiger partial charge in [-0.2, -0.15) is 0 Å². The van der Waals surface area contributed by atoms with Crippen LogP contribution in [-0.4, -0.2) is 45.6 Å². The highest BCUT2D eigenvalue weighted by molar-refractivity contribution is 7.89. The number of rotatable bonds is 8. The highest BCUT2D eigenvalue weighted by Gasteiger charge is 2.12. The van der Waals surface area contributed by atoms with Gasteiger partial charge in [0, 0.05) is 45.6 Å². The molecule has 0 bridgehead atoms. The number of nitrogens with one attached hydrogen (secondary N) is 3. The molecular formula is C17H25N5O2S. The van der Waals surface area contributed by atoms with Crippen LogP contribution in [0.25, 0.3) is 0 Å². The number of hydrogen-bond acceptors (Lipinski definition) is 3. The van der Waals surface area contributed by atoms with E-state index in [1.54, 1.807) is 31.3 Å². The number of aliphatic imine (C=N–C) groups is 1. The molecule has 2 aromatic rings. The summed E-state index contributed by atoms with van der Waals surface area (Å²) in [5.74, 6) is 0.640. The van der Waals surface area contributed by atoms with Crippen LogP contribution in [0, 0.1) is 6.92 Å². The fraction of sp³-hybridized carbons (Fsp3) is 0.353. The van der Waals surface area contributed by atoms with E-state index in [1.807, 2.05) is 31.5 Å². The van der Waals surface area contributed by atoms with E-state index in [9.17, 15) is 8.42 Å². The molecule has 0 spiro atoms. The Labute approximate surface area is 149 Å². The lowest BCUT2D eigenvalue weighted by Crippen LogP contribution is -2.42. The summed E-state index contributed by atoms with van der Waals surface area (Å²) in [7, 11) is -1.80. The molecule has 0 aliphatic heterocycles. The van der Waals surface area contributed by atoms with Crippen LogP contribution in [0.4, 0.5) is 0 Å². The molecular weight excluding hydrogens is 338 g/mol. The molecule has 136 valence electrons. The van der Waals surface area contributed by atoms with Gasteiger partial charge in [-0.1, -0.05) is 17.7 Å². The van der Waals surface area contributed by atoms with Gasteiger partial charge in [0.1, 0.15) is 0 Å². The molecule has 2 rings (SSSR count). The fourth-order valence-electron chi connectivity index (χ4n) is 2.21. The van der Waals surface area contributed by atoms with Crippen LogP contribution in [-0.2, 0) is 16.6 Å². The summed E-state index contributed by atoms with van der Waals surface area (Å²) in [5.41, 5.74) is 1.02. The van der Waals surface area contributed by atoms with Gasteiger partial charge in [-0.05, 0) is 31.2 Å². The Morgan fingerprint density at radius 3 is 2.32 bits per heavy atom. The van der Waals surface area contributed by atoms with E-state index >= 15 is 0 Å². The molecule has 0 aliphatic rings. The number of aromatic nitrogens is 1. The maximum atomic E-state index is 12.2. The smallest absolute Gasteiger partial charge is 0.240 e. The minimum atomic E-state index is -3.48. The van der Waals surface area contributed by atoms with Gasteiger partial charge in [-0.25, -0.2) is 13.1 Å². The first-order valence-corrected chi connectivity index (χ1v) is 9.61. The molecule has 3 N–H and O–H groups in total. The first kappa shape index (κ1) is 19.0. The molecule has 1 aromatic carbocycles. The van der Waals surface area contributed by atoms with Crippen LogP contribution < -0.4 is 15.4 Å². The van der Waals surface area contributed by atoms with Crippen molar-refractivity contribution in [1.82, 2.24) is 19.9 Å². The number of benzene rings is 1. The molecule has 0 saturated carbocycles. The zero-order valence-electron chi connectivity index (χ0n) is 14.6. The predicted octanol–water partition coefficient (Wildman–Crippen LogP) is 0.940. The highest BCUT2D eigenvalue weighted by atomic mass is 32.2. The van der Waals surface area contributed by atoms with Crippen molar-refractivity contribution in [2.24, 2.45) is 4.99 Å². The SMILES string of the molecule is CN=C(NCCNS(=O)(=O)c1ccc(C)cc1)NCCn1cccc1. The molecule has 7 nitrogen and oxygen atoms in total. The van der Waals surface area contributed by atoms with E-state index < -0.39 is 10.0 Å². The lowest BCUT2D eigenvalue weighted by atomic mass is 10.2. The van der Waals surface area contributed by atoms with Gasteiger partial charge in [-0.3, -0.25) is 4.99 Å². The van der Waals surface area contributed by atoms with Crippen molar-refractivity contribution in [3.8, 4) is 0 Å². The minimum absolute atomic E-state index is 0.271. The quantitative estimate of drug-likeness (QED) is 0.370. The van der Waals surface area contributed by atoms with Gasteiger partial charge in [0.25, 0.3) is 0 Å². The Bertz CT molecular complexity index is 768. The van der Waals surface area contributed by atoms with Gasteiger partial charge in [0.15, 0.2) is 5.96 Å². The maximum Gasteiger partial charge on any atom is 0.240 e. The van der Waals surface area contributed by atoms with Gasteiger partial charge in [0.05, 0.1) is 4.90 Å². The van der Waals surface area contributed by atoms with E-state index in [1.165, 1.54) is 0 Å². The first-order chi connectivity index (χ1) is 12.0. The molecule has 0 atom stereocenters. The molecule has 0 saturated heterocycles. The van der Waals surface area contributed by atoms with Crippen LogP contribution in [0.5, 0.6) is 0 Å².